The molecule has 4 heteroatoms. The third-order valence-electron chi connectivity index (χ3n) is 3.56. The number of ether oxygens (including phenoxy) is 1. The lowest BCUT2D eigenvalue weighted by atomic mass is 10.1. The third kappa shape index (κ3) is 4.36. The first-order valence-corrected chi connectivity index (χ1v) is 8.11. The lowest BCUT2D eigenvalue weighted by molar-refractivity contribution is 0.102. The normalized spacial score (nSPS) is 9.96. The summed E-state index contributed by atoms with van der Waals surface area (Å²) in [5.41, 5.74) is 2.14. The van der Waals surface area contributed by atoms with Gasteiger partial charge >= 0.3 is 0 Å². The molecule has 0 bridgehead atoms. The number of hydrogen-bond donors (Lipinski definition) is 1. The molecule has 3 rings (SSSR count). The molecule has 4 nitrogen and oxygen atoms in total. The number of fused-ring (bicyclic) bond motifs is 1. The fraction of sp³-hybridized carbons (Fsp3) is 0.143. The number of carbonyl (C=O) groups excluding carboxylic acids is 1. The van der Waals surface area contributed by atoms with Crippen molar-refractivity contribution in [3.8, 4) is 17.6 Å². The molecule has 0 fully saturated rings. The Balaban J connectivity index is 1.79. The van der Waals surface area contributed by atoms with Crippen molar-refractivity contribution in [1.82, 2.24) is 4.98 Å². The summed E-state index contributed by atoms with van der Waals surface area (Å²) in [6.07, 6.45) is 2.47. The molecule has 0 atom stereocenters. The first kappa shape index (κ1) is 16.5. The molecular weight excluding hydrogens is 312 g/mol. The number of rotatable bonds is 4. The van der Waals surface area contributed by atoms with Crippen LogP contribution in [-0.2, 0) is 0 Å². The Hall–Kier alpha value is -3.32. The summed E-state index contributed by atoms with van der Waals surface area (Å²) in [4.78, 5) is 16.8. The van der Waals surface area contributed by atoms with Gasteiger partial charge in [-0.1, -0.05) is 31.0 Å². The zero-order valence-corrected chi connectivity index (χ0v) is 14.0. The number of pyridine rings is 1. The highest BCUT2D eigenvalue weighted by atomic mass is 16.5. The molecule has 2 aromatic carbocycles. The van der Waals surface area contributed by atoms with Crippen LogP contribution in [0.3, 0.4) is 0 Å². The molecule has 1 amide bonds. The predicted molar refractivity (Wildman–Crippen MR) is 99.7 cm³/mol. The lowest BCUT2D eigenvalue weighted by Gasteiger charge is -2.07. The number of para-hydroxylation sites is 1. The summed E-state index contributed by atoms with van der Waals surface area (Å²) < 4.78 is 5.58. The Morgan fingerprint density at radius 3 is 2.76 bits per heavy atom. The molecule has 0 aliphatic rings. The SMILES string of the molecule is CCC#CCOc1cnc2ccc(C(=O)Nc3ccccc3)cc2c1. The molecule has 25 heavy (non-hydrogen) atoms. The van der Waals surface area contributed by atoms with E-state index in [-0.39, 0.29) is 5.91 Å². The standard InChI is InChI=1S/C21H18N2O2/c1-2-3-7-12-25-19-14-17-13-16(10-11-20(17)22-15-19)21(24)23-18-8-5-4-6-9-18/h4-6,8-11,13-15H,2,12H2,1H3,(H,23,24). The van der Waals surface area contributed by atoms with Crippen molar-refractivity contribution in [2.75, 3.05) is 11.9 Å². The summed E-state index contributed by atoms with van der Waals surface area (Å²) in [6.45, 7) is 2.32. The maximum Gasteiger partial charge on any atom is 0.255 e. The van der Waals surface area contributed by atoms with Gasteiger partial charge in [0.05, 0.1) is 11.7 Å². The van der Waals surface area contributed by atoms with Crippen molar-refractivity contribution in [1.29, 1.82) is 0 Å². The number of aromatic nitrogens is 1. The van der Waals surface area contributed by atoms with E-state index in [1.807, 2.05) is 55.5 Å². The van der Waals surface area contributed by atoms with E-state index in [2.05, 4.69) is 22.1 Å². The van der Waals surface area contributed by atoms with Crippen LogP contribution in [0.5, 0.6) is 5.75 Å². The summed E-state index contributed by atoms with van der Waals surface area (Å²) in [5, 5.41) is 3.73. The second-order valence-corrected chi connectivity index (χ2v) is 5.39. The Kier molecular flexibility index (Phi) is 5.28. The van der Waals surface area contributed by atoms with E-state index < -0.39 is 0 Å². The molecule has 0 unspecified atom stereocenters. The molecule has 0 spiro atoms. The molecule has 0 aliphatic heterocycles. The molecule has 0 saturated carbocycles. The van der Waals surface area contributed by atoms with Gasteiger partial charge in [0.25, 0.3) is 5.91 Å². The van der Waals surface area contributed by atoms with Crippen LogP contribution in [0.4, 0.5) is 5.69 Å². The largest absolute Gasteiger partial charge is 0.479 e. The van der Waals surface area contributed by atoms with Crippen LogP contribution in [0.2, 0.25) is 0 Å². The minimum absolute atomic E-state index is 0.159. The smallest absolute Gasteiger partial charge is 0.255 e. The van der Waals surface area contributed by atoms with Gasteiger partial charge in [-0.2, -0.15) is 0 Å². The van der Waals surface area contributed by atoms with E-state index in [1.165, 1.54) is 0 Å². The Morgan fingerprint density at radius 1 is 1.12 bits per heavy atom. The quantitative estimate of drug-likeness (QED) is 0.727. The molecule has 3 aromatic rings. The van der Waals surface area contributed by atoms with Crippen molar-refractivity contribution in [2.24, 2.45) is 0 Å². The van der Waals surface area contributed by atoms with Crippen molar-refractivity contribution < 1.29 is 9.53 Å². The Bertz CT molecular complexity index is 940. The van der Waals surface area contributed by atoms with Gasteiger partial charge in [0, 0.05) is 23.1 Å². The number of hydrogen-bond acceptors (Lipinski definition) is 3. The van der Waals surface area contributed by atoms with Gasteiger partial charge in [0.1, 0.15) is 12.4 Å². The molecule has 0 aliphatic carbocycles. The summed E-state index contributed by atoms with van der Waals surface area (Å²) in [7, 11) is 0. The first-order chi connectivity index (χ1) is 12.3. The number of amides is 1. The van der Waals surface area contributed by atoms with Gasteiger partial charge in [0.2, 0.25) is 0 Å². The van der Waals surface area contributed by atoms with Crippen molar-refractivity contribution in [3.63, 3.8) is 0 Å². The highest BCUT2D eigenvalue weighted by Crippen LogP contribution is 2.20. The van der Waals surface area contributed by atoms with Gasteiger partial charge in [-0.25, -0.2) is 0 Å². The molecule has 124 valence electrons. The van der Waals surface area contributed by atoms with Crippen LogP contribution in [0, 0.1) is 11.8 Å². The predicted octanol–water partition coefficient (Wildman–Crippen LogP) is 4.28. The van der Waals surface area contributed by atoms with Gasteiger partial charge in [-0.3, -0.25) is 9.78 Å². The van der Waals surface area contributed by atoms with E-state index in [9.17, 15) is 4.79 Å². The average Bonchev–Trinajstić information content (AvgIpc) is 2.65. The van der Waals surface area contributed by atoms with E-state index >= 15 is 0 Å². The van der Waals surface area contributed by atoms with E-state index in [1.54, 1.807) is 12.3 Å². The van der Waals surface area contributed by atoms with Crippen molar-refractivity contribution in [3.05, 3.63) is 66.4 Å². The van der Waals surface area contributed by atoms with Crippen molar-refractivity contribution >= 4 is 22.5 Å². The zero-order chi connectivity index (χ0) is 17.5. The molecule has 1 N–H and O–H groups in total. The van der Waals surface area contributed by atoms with Gasteiger partial charge in [-0.05, 0) is 36.4 Å². The zero-order valence-electron chi connectivity index (χ0n) is 14.0. The highest BCUT2D eigenvalue weighted by Gasteiger charge is 2.08. The number of anilines is 1. The minimum atomic E-state index is -0.159. The molecule has 1 aromatic heterocycles. The van der Waals surface area contributed by atoms with Crippen LogP contribution in [0.25, 0.3) is 10.9 Å². The summed E-state index contributed by atoms with van der Waals surface area (Å²) in [6, 6.07) is 16.6. The van der Waals surface area contributed by atoms with Gasteiger partial charge in [-0.15, -0.1) is 5.92 Å². The molecule has 0 saturated heterocycles. The third-order valence-corrected chi connectivity index (χ3v) is 3.56. The van der Waals surface area contributed by atoms with E-state index in [0.29, 0.717) is 17.9 Å². The van der Waals surface area contributed by atoms with Gasteiger partial charge in [0.15, 0.2) is 0 Å². The maximum atomic E-state index is 12.4. The Morgan fingerprint density at radius 2 is 1.96 bits per heavy atom. The van der Waals surface area contributed by atoms with Crippen LogP contribution in [0.15, 0.2) is 60.8 Å². The average molecular weight is 330 g/mol. The number of carbonyl (C=O) groups is 1. The second-order valence-electron chi connectivity index (χ2n) is 5.39. The first-order valence-electron chi connectivity index (χ1n) is 8.11. The second kappa shape index (κ2) is 7.98. The molecule has 0 radical (unpaired) electrons. The highest BCUT2D eigenvalue weighted by molar-refractivity contribution is 6.06. The van der Waals surface area contributed by atoms with Crippen LogP contribution < -0.4 is 10.1 Å². The maximum absolute atomic E-state index is 12.4. The summed E-state index contributed by atoms with van der Waals surface area (Å²) in [5.74, 6) is 6.36. The number of nitrogens with zero attached hydrogens (tertiary/aromatic N) is 1. The van der Waals surface area contributed by atoms with E-state index in [0.717, 1.165) is 23.0 Å². The lowest BCUT2D eigenvalue weighted by Crippen LogP contribution is -2.11. The fourth-order valence-corrected chi connectivity index (χ4v) is 2.35. The van der Waals surface area contributed by atoms with Crippen LogP contribution >= 0.6 is 0 Å². The monoisotopic (exact) mass is 330 g/mol. The van der Waals surface area contributed by atoms with Crippen molar-refractivity contribution in [2.45, 2.75) is 13.3 Å². The Labute approximate surface area is 146 Å². The minimum Gasteiger partial charge on any atom is -0.479 e. The molecule has 1 heterocycles. The van der Waals surface area contributed by atoms with Crippen LogP contribution in [0.1, 0.15) is 23.7 Å². The number of nitrogens with one attached hydrogen (secondary N) is 1. The van der Waals surface area contributed by atoms with E-state index in [4.69, 9.17) is 4.74 Å². The number of benzene rings is 2. The molecular formula is C21H18N2O2. The summed E-state index contributed by atoms with van der Waals surface area (Å²) >= 11 is 0. The van der Waals surface area contributed by atoms with Crippen LogP contribution in [-0.4, -0.2) is 17.5 Å². The fourth-order valence-electron chi connectivity index (χ4n) is 2.35. The topological polar surface area (TPSA) is 51.2 Å². The van der Waals surface area contributed by atoms with Gasteiger partial charge < -0.3 is 10.1 Å².